The third-order valence-corrected chi connectivity index (χ3v) is 6.14. The highest BCUT2D eigenvalue weighted by molar-refractivity contribution is 7.89. The third kappa shape index (κ3) is 4.71. The molecule has 1 aromatic carbocycles. The predicted octanol–water partition coefficient (Wildman–Crippen LogP) is 1.29. The summed E-state index contributed by atoms with van der Waals surface area (Å²) in [6.07, 6.45) is 1.42. The van der Waals surface area contributed by atoms with E-state index in [0.717, 1.165) is 12.1 Å². The summed E-state index contributed by atoms with van der Waals surface area (Å²) in [6.45, 7) is 2.25. The van der Waals surface area contributed by atoms with Crippen molar-refractivity contribution in [2.75, 3.05) is 39.3 Å². The van der Waals surface area contributed by atoms with Crippen LogP contribution >= 0.6 is 0 Å². The van der Waals surface area contributed by atoms with Crippen molar-refractivity contribution >= 4 is 15.9 Å². The number of sulfonamides is 1. The molecule has 0 bridgehead atoms. The Morgan fingerprint density at radius 2 is 1.78 bits per heavy atom. The zero-order valence-corrected chi connectivity index (χ0v) is 15.2. The number of halogens is 2. The van der Waals surface area contributed by atoms with Gasteiger partial charge in [-0.25, -0.2) is 17.2 Å². The highest BCUT2D eigenvalue weighted by Gasteiger charge is 2.29. The van der Waals surface area contributed by atoms with Crippen LogP contribution in [0, 0.1) is 11.6 Å². The minimum atomic E-state index is -3.95. The maximum atomic E-state index is 13.3. The van der Waals surface area contributed by atoms with Gasteiger partial charge in [0.1, 0.15) is 11.6 Å². The minimum absolute atomic E-state index is 0.201. The standard InChI is InChI=1S/C17H19F2N3O4S/c18-13-10-14(19)12-15(11-13)27(24,25)22-7-5-21(6-8-22)4-3-20-17(23)16-2-1-9-26-16/h1-2,9-12H,3-8H2,(H,20,23). The lowest BCUT2D eigenvalue weighted by Crippen LogP contribution is -2.50. The molecule has 0 aliphatic carbocycles. The molecule has 1 aliphatic rings. The molecule has 0 unspecified atom stereocenters. The first-order valence-electron chi connectivity index (χ1n) is 8.36. The molecule has 1 saturated heterocycles. The van der Waals surface area contributed by atoms with Gasteiger partial charge in [0, 0.05) is 45.3 Å². The maximum Gasteiger partial charge on any atom is 0.287 e. The van der Waals surface area contributed by atoms with Crippen molar-refractivity contribution < 1.29 is 26.4 Å². The molecule has 0 radical (unpaired) electrons. The molecule has 0 atom stereocenters. The lowest BCUT2D eigenvalue weighted by Gasteiger charge is -2.33. The van der Waals surface area contributed by atoms with Crippen molar-refractivity contribution in [1.29, 1.82) is 0 Å². The quantitative estimate of drug-likeness (QED) is 0.792. The number of carbonyl (C=O) groups is 1. The van der Waals surface area contributed by atoms with Crippen LogP contribution in [-0.4, -0.2) is 62.8 Å². The van der Waals surface area contributed by atoms with Gasteiger partial charge in [0.15, 0.2) is 5.76 Å². The lowest BCUT2D eigenvalue weighted by atomic mass is 10.3. The van der Waals surface area contributed by atoms with Crippen LogP contribution < -0.4 is 5.32 Å². The Labute approximate surface area is 155 Å². The van der Waals surface area contributed by atoms with Crippen LogP contribution in [0.25, 0.3) is 0 Å². The molecule has 3 rings (SSSR count). The van der Waals surface area contributed by atoms with Crippen LogP contribution in [0.2, 0.25) is 0 Å². The van der Waals surface area contributed by atoms with Gasteiger partial charge in [0.25, 0.3) is 5.91 Å². The molecule has 0 spiro atoms. The topological polar surface area (TPSA) is 82.9 Å². The highest BCUT2D eigenvalue weighted by atomic mass is 32.2. The fourth-order valence-electron chi connectivity index (χ4n) is 2.84. The molecule has 146 valence electrons. The number of nitrogens with zero attached hydrogens (tertiary/aromatic N) is 2. The number of hydrogen-bond donors (Lipinski definition) is 1. The molecule has 0 saturated carbocycles. The number of furan rings is 1. The predicted molar refractivity (Wildman–Crippen MR) is 92.6 cm³/mol. The second-order valence-corrected chi connectivity index (χ2v) is 8.02. The number of carbonyl (C=O) groups excluding carboxylic acids is 1. The van der Waals surface area contributed by atoms with Crippen LogP contribution in [0.1, 0.15) is 10.6 Å². The van der Waals surface area contributed by atoms with Gasteiger partial charge in [-0.1, -0.05) is 0 Å². The van der Waals surface area contributed by atoms with Crippen LogP contribution in [0.4, 0.5) is 8.78 Å². The van der Waals surface area contributed by atoms with Crippen LogP contribution in [0.5, 0.6) is 0 Å². The normalized spacial score (nSPS) is 16.4. The van der Waals surface area contributed by atoms with E-state index in [2.05, 4.69) is 5.32 Å². The monoisotopic (exact) mass is 399 g/mol. The van der Waals surface area contributed by atoms with E-state index >= 15 is 0 Å². The van der Waals surface area contributed by atoms with Crippen LogP contribution in [-0.2, 0) is 10.0 Å². The summed E-state index contributed by atoms with van der Waals surface area (Å²) in [6, 6.07) is 5.45. The first kappa shape index (κ1) is 19.5. The Bertz CT molecular complexity index is 875. The molecule has 27 heavy (non-hydrogen) atoms. The average Bonchev–Trinajstić information content (AvgIpc) is 3.16. The maximum absolute atomic E-state index is 13.3. The van der Waals surface area contributed by atoms with E-state index in [1.165, 1.54) is 10.6 Å². The van der Waals surface area contributed by atoms with E-state index < -0.39 is 21.7 Å². The number of hydrogen-bond acceptors (Lipinski definition) is 5. The molecule has 2 aromatic rings. The summed E-state index contributed by atoms with van der Waals surface area (Å²) in [7, 11) is -3.95. The third-order valence-electron chi connectivity index (χ3n) is 4.26. The van der Waals surface area contributed by atoms with E-state index in [-0.39, 0.29) is 29.7 Å². The average molecular weight is 399 g/mol. The smallest absolute Gasteiger partial charge is 0.287 e. The molecule has 2 heterocycles. The Hall–Kier alpha value is -2.30. The molecule has 1 amide bonds. The molecule has 10 heteroatoms. The van der Waals surface area contributed by atoms with Crippen molar-refractivity contribution in [1.82, 2.24) is 14.5 Å². The largest absolute Gasteiger partial charge is 0.459 e. The van der Waals surface area contributed by atoms with E-state index in [1.54, 1.807) is 12.1 Å². The molecule has 7 nitrogen and oxygen atoms in total. The molecular formula is C17H19F2N3O4S. The summed E-state index contributed by atoms with van der Waals surface area (Å²) in [5.41, 5.74) is 0. The highest BCUT2D eigenvalue weighted by Crippen LogP contribution is 2.19. The molecule has 1 N–H and O–H groups in total. The number of amides is 1. The summed E-state index contributed by atoms with van der Waals surface area (Å²) < 4.78 is 57.9. The Balaban J connectivity index is 1.50. The number of piperazine rings is 1. The first-order chi connectivity index (χ1) is 12.9. The van der Waals surface area contributed by atoms with Crippen LogP contribution in [0.3, 0.4) is 0 Å². The Morgan fingerprint density at radius 3 is 2.37 bits per heavy atom. The minimum Gasteiger partial charge on any atom is -0.459 e. The Kier molecular flexibility index (Phi) is 5.88. The molecular weight excluding hydrogens is 380 g/mol. The van der Waals surface area contributed by atoms with Gasteiger partial charge in [-0.05, 0) is 24.3 Å². The second kappa shape index (κ2) is 8.15. The summed E-state index contributed by atoms with van der Waals surface area (Å²) in [5.74, 6) is -1.94. The van der Waals surface area contributed by atoms with Crippen molar-refractivity contribution in [3.63, 3.8) is 0 Å². The van der Waals surface area contributed by atoms with E-state index in [9.17, 15) is 22.0 Å². The van der Waals surface area contributed by atoms with Gasteiger partial charge in [-0.15, -0.1) is 0 Å². The number of benzene rings is 1. The van der Waals surface area contributed by atoms with Crippen molar-refractivity contribution in [3.8, 4) is 0 Å². The zero-order chi connectivity index (χ0) is 19.4. The van der Waals surface area contributed by atoms with Gasteiger partial charge >= 0.3 is 0 Å². The SMILES string of the molecule is O=C(NCCN1CCN(S(=O)(=O)c2cc(F)cc(F)c2)CC1)c1ccco1. The van der Waals surface area contributed by atoms with Crippen molar-refractivity contribution in [2.45, 2.75) is 4.90 Å². The molecule has 1 fully saturated rings. The fraction of sp³-hybridized carbons (Fsp3) is 0.353. The van der Waals surface area contributed by atoms with Crippen molar-refractivity contribution in [2.24, 2.45) is 0 Å². The molecule has 1 aliphatic heterocycles. The van der Waals surface area contributed by atoms with Gasteiger partial charge < -0.3 is 9.73 Å². The first-order valence-corrected chi connectivity index (χ1v) is 9.80. The van der Waals surface area contributed by atoms with Crippen molar-refractivity contribution in [3.05, 3.63) is 54.0 Å². The van der Waals surface area contributed by atoms with E-state index in [4.69, 9.17) is 4.42 Å². The number of nitrogens with one attached hydrogen (secondary N) is 1. The second-order valence-electron chi connectivity index (χ2n) is 6.08. The summed E-state index contributed by atoms with van der Waals surface area (Å²) in [5, 5.41) is 2.72. The zero-order valence-electron chi connectivity index (χ0n) is 14.4. The fourth-order valence-corrected chi connectivity index (χ4v) is 4.31. The van der Waals surface area contributed by atoms with Gasteiger partial charge in [0.05, 0.1) is 11.2 Å². The van der Waals surface area contributed by atoms with Gasteiger partial charge in [0.2, 0.25) is 10.0 Å². The van der Waals surface area contributed by atoms with Crippen LogP contribution in [0.15, 0.2) is 45.9 Å². The van der Waals surface area contributed by atoms with Gasteiger partial charge in [-0.2, -0.15) is 4.31 Å². The molecule has 1 aromatic heterocycles. The van der Waals surface area contributed by atoms with E-state index in [0.29, 0.717) is 32.2 Å². The van der Waals surface area contributed by atoms with Gasteiger partial charge in [-0.3, -0.25) is 9.69 Å². The number of rotatable bonds is 6. The lowest BCUT2D eigenvalue weighted by molar-refractivity contribution is 0.0917. The summed E-state index contributed by atoms with van der Waals surface area (Å²) >= 11 is 0. The summed E-state index contributed by atoms with van der Waals surface area (Å²) in [4.78, 5) is 13.4. The Morgan fingerprint density at radius 1 is 1.11 bits per heavy atom. The van der Waals surface area contributed by atoms with E-state index in [1.807, 2.05) is 4.90 Å².